The maximum atomic E-state index is 13.2. The second-order valence-electron chi connectivity index (χ2n) is 9.21. The molecule has 0 saturated carbocycles. The van der Waals surface area contributed by atoms with E-state index in [-0.39, 0.29) is 37.5 Å². The monoisotopic (exact) mass is 495 g/mol. The number of H-pyrrole nitrogens is 1. The number of hydrogen-bond donors (Lipinski definition) is 7. The topological polar surface area (TPSA) is 222 Å². The van der Waals surface area contributed by atoms with Gasteiger partial charge in [-0.05, 0) is 24.7 Å². The van der Waals surface area contributed by atoms with Crippen LogP contribution in [-0.4, -0.2) is 68.8 Å². The van der Waals surface area contributed by atoms with Gasteiger partial charge in [-0.25, -0.2) is 9.78 Å². The summed E-state index contributed by atoms with van der Waals surface area (Å²) in [4.78, 5) is 67.9. The normalized spacial score (nSPS) is 14.6. The molecule has 13 nitrogen and oxygen atoms in total. The lowest BCUT2D eigenvalue weighted by Crippen LogP contribution is -2.58. The average Bonchev–Trinajstić information content (AvgIpc) is 3.27. The number of carbonyl (C=O) groups excluding carboxylic acids is 4. The number of carboxylic acid groups (broad SMARTS) is 1. The summed E-state index contributed by atoms with van der Waals surface area (Å²) in [7, 11) is 0. The van der Waals surface area contributed by atoms with Gasteiger partial charge in [0.2, 0.25) is 23.6 Å². The number of nitrogens with one attached hydrogen (secondary N) is 4. The van der Waals surface area contributed by atoms with Gasteiger partial charge in [0.25, 0.3) is 0 Å². The van der Waals surface area contributed by atoms with Crippen molar-refractivity contribution in [2.75, 3.05) is 0 Å². The molecule has 0 saturated heterocycles. The summed E-state index contributed by atoms with van der Waals surface area (Å²) in [5.74, 6) is -4.13. The summed E-state index contributed by atoms with van der Waals surface area (Å²) >= 11 is 0. The predicted octanol–water partition coefficient (Wildman–Crippen LogP) is -1.21. The second kappa shape index (κ2) is 14.0. The van der Waals surface area contributed by atoms with Crippen molar-refractivity contribution < 1.29 is 29.1 Å². The lowest BCUT2D eigenvalue weighted by atomic mass is 10.0. The Labute approximate surface area is 204 Å². The van der Waals surface area contributed by atoms with E-state index in [4.69, 9.17) is 11.5 Å². The zero-order chi connectivity index (χ0) is 26.7. The fourth-order valence-corrected chi connectivity index (χ4v) is 3.19. The van der Waals surface area contributed by atoms with E-state index in [9.17, 15) is 29.1 Å². The third-order valence-corrected chi connectivity index (χ3v) is 5.27. The van der Waals surface area contributed by atoms with Gasteiger partial charge in [-0.2, -0.15) is 0 Å². The van der Waals surface area contributed by atoms with Crippen molar-refractivity contribution in [2.45, 2.75) is 77.5 Å². The van der Waals surface area contributed by atoms with Crippen molar-refractivity contribution in [3.8, 4) is 0 Å². The molecular formula is C22H37N7O6. The summed E-state index contributed by atoms with van der Waals surface area (Å²) in [5.41, 5.74) is 11.6. The van der Waals surface area contributed by atoms with E-state index in [1.807, 2.05) is 13.8 Å². The number of aromatic amines is 1. The molecule has 0 aliphatic heterocycles. The van der Waals surface area contributed by atoms with Gasteiger partial charge >= 0.3 is 5.97 Å². The summed E-state index contributed by atoms with van der Waals surface area (Å²) in [6, 6.07) is -4.35. The minimum atomic E-state index is -1.36. The first-order chi connectivity index (χ1) is 16.3. The molecule has 196 valence electrons. The number of aromatic nitrogens is 2. The number of amides is 4. The number of hydrogen-bond acceptors (Lipinski definition) is 7. The molecule has 4 unspecified atom stereocenters. The Morgan fingerprint density at radius 1 is 0.971 bits per heavy atom. The molecule has 1 heterocycles. The molecule has 9 N–H and O–H groups in total. The van der Waals surface area contributed by atoms with Crippen LogP contribution in [0.15, 0.2) is 12.5 Å². The highest BCUT2D eigenvalue weighted by Crippen LogP contribution is 2.09. The molecule has 0 aromatic carbocycles. The highest BCUT2D eigenvalue weighted by molar-refractivity contribution is 5.94. The molecule has 0 aliphatic carbocycles. The molecule has 4 amide bonds. The Kier molecular flexibility index (Phi) is 11.9. The number of carbonyl (C=O) groups is 5. The van der Waals surface area contributed by atoms with Crippen LogP contribution in [0.3, 0.4) is 0 Å². The quantitative estimate of drug-likeness (QED) is 0.156. The fourth-order valence-electron chi connectivity index (χ4n) is 3.19. The van der Waals surface area contributed by atoms with Gasteiger partial charge in [0.1, 0.15) is 18.1 Å². The number of nitrogens with zero attached hydrogens (tertiary/aromatic N) is 1. The molecule has 1 rings (SSSR count). The molecule has 0 fully saturated rings. The Morgan fingerprint density at radius 2 is 1.54 bits per heavy atom. The van der Waals surface area contributed by atoms with Gasteiger partial charge in [0.05, 0.1) is 12.4 Å². The Morgan fingerprint density at radius 3 is 2.03 bits per heavy atom. The summed E-state index contributed by atoms with van der Waals surface area (Å²) < 4.78 is 0. The van der Waals surface area contributed by atoms with E-state index in [0.29, 0.717) is 5.69 Å². The molecule has 1 aromatic heterocycles. The number of carboxylic acids is 1. The first-order valence-electron chi connectivity index (χ1n) is 11.5. The molecule has 13 heteroatoms. The molecule has 0 spiro atoms. The lowest BCUT2D eigenvalue weighted by molar-refractivity contribution is -0.142. The van der Waals surface area contributed by atoms with E-state index < -0.39 is 53.8 Å². The van der Waals surface area contributed by atoms with Crippen LogP contribution in [0.5, 0.6) is 0 Å². The van der Waals surface area contributed by atoms with Crippen molar-refractivity contribution >= 4 is 29.6 Å². The lowest BCUT2D eigenvalue weighted by Gasteiger charge is -2.26. The smallest absolute Gasteiger partial charge is 0.326 e. The fraction of sp³-hybridized carbons (Fsp3) is 0.636. The number of primary amides is 1. The van der Waals surface area contributed by atoms with E-state index in [1.54, 1.807) is 13.8 Å². The summed E-state index contributed by atoms with van der Waals surface area (Å²) in [6.07, 6.45) is 2.78. The van der Waals surface area contributed by atoms with Crippen LogP contribution < -0.4 is 27.4 Å². The van der Waals surface area contributed by atoms with Gasteiger partial charge in [0.15, 0.2) is 0 Å². The van der Waals surface area contributed by atoms with Gasteiger partial charge in [-0.15, -0.1) is 0 Å². The highest BCUT2D eigenvalue weighted by atomic mass is 16.4. The van der Waals surface area contributed by atoms with Crippen LogP contribution in [0.2, 0.25) is 0 Å². The van der Waals surface area contributed by atoms with E-state index in [0.717, 1.165) is 0 Å². The summed E-state index contributed by atoms with van der Waals surface area (Å²) in [6.45, 7) is 7.21. The average molecular weight is 496 g/mol. The van der Waals surface area contributed by atoms with Crippen molar-refractivity contribution in [1.82, 2.24) is 25.9 Å². The van der Waals surface area contributed by atoms with Crippen LogP contribution in [0.4, 0.5) is 0 Å². The molecular weight excluding hydrogens is 458 g/mol. The standard InChI is InChI=1S/C22H37N7O6/c1-11(2)7-15(19(31)27-14(22(34)35)5-6-17(23)30)28-20(32)16(8-13-9-25-10-26-13)29-21(33)18(24)12(3)4/h9-12,14-16,18H,5-8,24H2,1-4H3,(H2,23,30)(H,25,26)(H,27,31)(H,28,32)(H,29,33)(H,34,35). The van der Waals surface area contributed by atoms with Crippen molar-refractivity contribution in [3.05, 3.63) is 18.2 Å². The highest BCUT2D eigenvalue weighted by Gasteiger charge is 2.31. The van der Waals surface area contributed by atoms with Gasteiger partial charge in [-0.1, -0.05) is 27.7 Å². The van der Waals surface area contributed by atoms with Crippen LogP contribution in [0.25, 0.3) is 0 Å². The van der Waals surface area contributed by atoms with Gasteiger partial charge in [0, 0.05) is 24.7 Å². The number of rotatable bonds is 15. The minimum absolute atomic E-state index is 0.0324. The zero-order valence-corrected chi connectivity index (χ0v) is 20.5. The zero-order valence-electron chi connectivity index (χ0n) is 20.5. The van der Waals surface area contributed by atoms with Crippen LogP contribution in [0, 0.1) is 11.8 Å². The third-order valence-electron chi connectivity index (χ3n) is 5.27. The second-order valence-corrected chi connectivity index (χ2v) is 9.21. The number of aliphatic carboxylic acids is 1. The first kappa shape index (κ1) is 29.6. The molecule has 0 aliphatic rings. The van der Waals surface area contributed by atoms with Crippen molar-refractivity contribution in [3.63, 3.8) is 0 Å². The van der Waals surface area contributed by atoms with E-state index in [1.165, 1.54) is 12.5 Å². The molecule has 4 atom stereocenters. The maximum Gasteiger partial charge on any atom is 0.326 e. The SMILES string of the molecule is CC(C)CC(NC(=O)C(Cc1cnc[nH]1)NC(=O)C(N)C(C)C)C(=O)NC(CCC(N)=O)C(=O)O. The van der Waals surface area contributed by atoms with Crippen molar-refractivity contribution in [1.29, 1.82) is 0 Å². The summed E-state index contributed by atoms with van der Waals surface area (Å²) in [5, 5.41) is 17.0. The Balaban J connectivity index is 3.05. The van der Waals surface area contributed by atoms with E-state index in [2.05, 4.69) is 25.9 Å². The Hall–Kier alpha value is -3.48. The predicted molar refractivity (Wildman–Crippen MR) is 126 cm³/mol. The van der Waals surface area contributed by atoms with Gasteiger partial charge in [-0.3, -0.25) is 19.2 Å². The minimum Gasteiger partial charge on any atom is -0.480 e. The van der Waals surface area contributed by atoms with Crippen LogP contribution >= 0.6 is 0 Å². The number of nitrogens with two attached hydrogens (primary N) is 2. The molecule has 35 heavy (non-hydrogen) atoms. The van der Waals surface area contributed by atoms with Crippen LogP contribution in [0.1, 0.15) is 52.7 Å². The van der Waals surface area contributed by atoms with Crippen LogP contribution in [-0.2, 0) is 30.4 Å². The van der Waals surface area contributed by atoms with E-state index >= 15 is 0 Å². The molecule has 0 bridgehead atoms. The third kappa shape index (κ3) is 10.5. The van der Waals surface area contributed by atoms with Gasteiger partial charge < -0.3 is 37.5 Å². The molecule has 0 radical (unpaired) electrons. The Bertz CT molecular complexity index is 872. The first-order valence-corrected chi connectivity index (χ1v) is 11.5. The maximum absolute atomic E-state index is 13.2. The molecule has 1 aromatic rings. The number of imidazole rings is 1. The van der Waals surface area contributed by atoms with Crippen molar-refractivity contribution in [2.24, 2.45) is 23.3 Å². The largest absolute Gasteiger partial charge is 0.480 e.